The van der Waals surface area contributed by atoms with Crippen LogP contribution in [0.5, 0.6) is 0 Å². The van der Waals surface area contributed by atoms with E-state index in [-0.39, 0.29) is 0 Å². The largest absolute Gasteiger partial charge is 0.481 e. The molecule has 3 heteroatoms. The Morgan fingerprint density at radius 2 is 2.36 bits per heavy atom. The minimum absolute atomic E-state index is 0.539. The van der Waals surface area contributed by atoms with E-state index in [9.17, 15) is 4.79 Å². The van der Waals surface area contributed by atoms with Crippen molar-refractivity contribution in [1.82, 2.24) is 0 Å². The third kappa shape index (κ3) is 1.42. The van der Waals surface area contributed by atoms with E-state index in [2.05, 4.69) is 0 Å². The van der Waals surface area contributed by atoms with Gasteiger partial charge in [0.15, 0.2) is 0 Å². The number of carboxylic acids is 1. The highest BCUT2D eigenvalue weighted by Crippen LogP contribution is 2.19. The first-order valence-electron chi connectivity index (χ1n) is 3.39. The molecule has 0 bridgehead atoms. The van der Waals surface area contributed by atoms with Gasteiger partial charge in [-0.25, -0.2) is 0 Å². The molecule has 1 rings (SSSR count). The molecule has 0 saturated carbocycles. The van der Waals surface area contributed by atoms with Gasteiger partial charge in [0.1, 0.15) is 11.7 Å². The van der Waals surface area contributed by atoms with Crippen LogP contribution in [0.2, 0.25) is 0 Å². The number of aryl methyl sites for hydroxylation is 1. The summed E-state index contributed by atoms with van der Waals surface area (Å²) in [6.07, 6.45) is 1.50. The Labute approximate surface area is 64.6 Å². The molecule has 1 N–H and O–H groups in total. The molecular formula is C8H10O3. The Bertz CT molecular complexity index is 262. The van der Waals surface area contributed by atoms with Crippen molar-refractivity contribution < 1.29 is 14.3 Å². The highest BCUT2D eigenvalue weighted by molar-refractivity contribution is 5.74. The maximum Gasteiger partial charge on any atom is 0.313 e. The minimum atomic E-state index is -0.858. The lowest BCUT2D eigenvalue weighted by molar-refractivity contribution is -0.138. The second kappa shape index (κ2) is 2.78. The number of rotatable bonds is 2. The monoisotopic (exact) mass is 154 g/mol. The highest BCUT2D eigenvalue weighted by Gasteiger charge is 2.18. The van der Waals surface area contributed by atoms with Gasteiger partial charge in [0, 0.05) is 0 Å². The smallest absolute Gasteiger partial charge is 0.313 e. The summed E-state index contributed by atoms with van der Waals surface area (Å²) < 4.78 is 5.01. The predicted octanol–water partition coefficient (Wildman–Crippen LogP) is 1.78. The van der Waals surface area contributed by atoms with Crippen molar-refractivity contribution in [2.24, 2.45) is 0 Å². The van der Waals surface area contributed by atoms with E-state index in [4.69, 9.17) is 9.52 Å². The van der Waals surface area contributed by atoms with Gasteiger partial charge in [-0.2, -0.15) is 0 Å². The van der Waals surface area contributed by atoms with Gasteiger partial charge >= 0.3 is 5.97 Å². The topological polar surface area (TPSA) is 50.4 Å². The molecule has 0 radical (unpaired) electrons. The molecule has 1 atom stereocenters. The Kier molecular flexibility index (Phi) is 1.98. The van der Waals surface area contributed by atoms with Crippen LogP contribution in [0.1, 0.15) is 24.2 Å². The molecule has 0 amide bonds. The van der Waals surface area contributed by atoms with Gasteiger partial charge in [-0.3, -0.25) is 4.79 Å². The number of hydrogen-bond donors (Lipinski definition) is 1. The summed E-state index contributed by atoms with van der Waals surface area (Å²) in [6.45, 7) is 3.44. The number of hydrogen-bond acceptors (Lipinski definition) is 2. The predicted molar refractivity (Wildman–Crippen MR) is 39.5 cm³/mol. The third-order valence-corrected chi connectivity index (χ3v) is 1.67. The average Bonchev–Trinajstić information content (AvgIpc) is 2.33. The quantitative estimate of drug-likeness (QED) is 0.706. The molecule has 1 heterocycles. The molecule has 0 spiro atoms. The van der Waals surface area contributed by atoms with E-state index >= 15 is 0 Å². The van der Waals surface area contributed by atoms with E-state index in [0.29, 0.717) is 5.76 Å². The molecule has 0 saturated heterocycles. The molecule has 11 heavy (non-hydrogen) atoms. The lowest BCUT2D eigenvalue weighted by Gasteiger charge is -2.02. The Morgan fingerprint density at radius 3 is 2.73 bits per heavy atom. The van der Waals surface area contributed by atoms with Crippen LogP contribution in [-0.2, 0) is 4.79 Å². The standard InChI is InChI=1S/C8H10O3/c1-5-3-4-11-7(5)6(2)8(9)10/h3-4,6H,1-2H3,(H,9,10). The molecule has 3 nitrogen and oxygen atoms in total. The van der Waals surface area contributed by atoms with Crippen molar-refractivity contribution >= 4 is 5.97 Å². The van der Waals surface area contributed by atoms with Crippen LogP contribution in [0.3, 0.4) is 0 Å². The van der Waals surface area contributed by atoms with Crippen LogP contribution in [0.25, 0.3) is 0 Å². The first kappa shape index (κ1) is 7.85. The molecule has 0 aliphatic carbocycles. The fourth-order valence-corrected chi connectivity index (χ4v) is 0.940. The molecular weight excluding hydrogens is 144 g/mol. The Morgan fingerprint density at radius 1 is 1.73 bits per heavy atom. The second-order valence-electron chi connectivity index (χ2n) is 2.53. The van der Waals surface area contributed by atoms with Gasteiger partial charge in [0.25, 0.3) is 0 Å². The number of aliphatic carboxylic acids is 1. The molecule has 0 aliphatic heterocycles. The lowest BCUT2D eigenvalue weighted by atomic mass is 10.1. The fourth-order valence-electron chi connectivity index (χ4n) is 0.940. The van der Waals surface area contributed by atoms with Crippen LogP contribution in [-0.4, -0.2) is 11.1 Å². The van der Waals surface area contributed by atoms with E-state index in [1.165, 1.54) is 6.26 Å². The van der Waals surface area contributed by atoms with Crippen LogP contribution >= 0.6 is 0 Å². The van der Waals surface area contributed by atoms with Crippen molar-refractivity contribution in [2.45, 2.75) is 19.8 Å². The van der Waals surface area contributed by atoms with E-state index in [1.807, 2.05) is 6.92 Å². The zero-order chi connectivity index (χ0) is 8.43. The van der Waals surface area contributed by atoms with Gasteiger partial charge in [-0.1, -0.05) is 0 Å². The van der Waals surface area contributed by atoms with E-state index in [0.717, 1.165) is 5.56 Å². The maximum absolute atomic E-state index is 10.5. The van der Waals surface area contributed by atoms with Gasteiger partial charge < -0.3 is 9.52 Å². The summed E-state index contributed by atoms with van der Waals surface area (Å²) in [6, 6.07) is 1.76. The van der Waals surface area contributed by atoms with Crippen molar-refractivity contribution in [1.29, 1.82) is 0 Å². The van der Waals surface area contributed by atoms with Crippen molar-refractivity contribution in [3.8, 4) is 0 Å². The molecule has 0 aromatic carbocycles. The van der Waals surface area contributed by atoms with Crippen LogP contribution in [0, 0.1) is 6.92 Å². The Hall–Kier alpha value is -1.25. The zero-order valence-electron chi connectivity index (χ0n) is 6.50. The lowest BCUT2D eigenvalue weighted by Crippen LogP contribution is -2.07. The molecule has 60 valence electrons. The van der Waals surface area contributed by atoms with E-state index in [1.54, 1.807) is 13.0 Å². The third-order valence-electron chi connectivity index (χ3n) is 1.67. The molecule has 0 aliphatic rings. The Balaban J connectivity index is 2.92. The summed E-state index contributed by atoms with van der Waals surface area (Å²) in [5, 5.41) is 8.62. The summed E-state index contributed by atoms with van der Waals surface area (Å²) in [5.74, 6) is -0.870. The van der Waals surface area contributed by atoms with Crippen LogP contribution in [0.15, 0.2) is 16.7 Å². The summed E-state index contributed by atoms with van der Waals surface area (Å²) in [5.41, 5.74) is 0.889. The number of carbonyl (C=O) groups is 1. The first-order chi connectivity index (χ1) is 5.13. The molecule has 1 aromatic rings. The summed E-state index contributed by atoms with van der Waals surface area (Å²) in [7, 11) is 0. The van der Waals surface area contributed by atoms with Crippen LogP contribution < -0.4 is 0 Å². The maximum atomic E-state index is 10.5. The zero-order valence-corrected chi connectivity index (χ0v) is 6.50. The van der Waals surface area contributed by atoms with Crippen molar-refractivity contribution in [3.05, 3.63) is 23.7 Å². The molecule has 1 aromatic heterocycles. The van der Waals surface area contributed by atoms with Gasteiger partial charge in [0.05, 0.1) is 6.26 Å². The number of carboxylic acid groups (broad SMARTS) is 1. The normalized spacial score (nSPS) is 12.9. The number of furan rings is 1. The first-order valence-corrected chi connectivity index (χ1v) is 3.39. The summed E-state index contributed by atoms with van der Waals surface area (Å²) >= 11 is 0. The SMILES string of the molecule is Cc1ccoc1C(C)C(=O)O. The molecule has 1 unspecified atom stereocenters. The van der Waals surface area contributed by atoms with Crippen LogP contribution in [0.4, 0.5) is 0 Å². The van der Waals surface area contributed by atoms with Gasteiger partial charge in [0.2, 0.25) is 0 Å². The highest BCUT2D eigenvalue weighted by atomic mass is 16.4. The summed E-state index contributed by atoms with van der Waals surface area (Å²) in [4.78, 5) is 10.5. The molecule has 0 fully saturated rings. The average molecular weight is 154 g/mol. The fraction of sp³-hybridized carbons (Fsp3) is 0.375. The van der Waals surface area contributed by atoms with Gasteiger partial charge in [-0.05, 0) is 25.5 Å². The second-order valence-corrected chi connectivity index (χ2v) is 2.53. The van der Waals surface area contributed by atoms with E-state index < -0.39 is 11.9 Å². The minimum Gasteiger partial charge on any atom is -0.481 e. The van der Waals surface area contributed by atoms with Crippen molar-refractivity contribution in [3.63, 3.8) is 0 Å². The van der Waals surface area contributed by atoms with Crippen molar-refractivity contribution in [2.75, 3.05) is 0 Å². The van der Waals surface area contributed by atoms with Gasteiger partial charge in [-0.15, -0.1) is 0 Å².